The number of benzene rings is 2. The van der Waals surface area contributed by atoms with E-state index in [-0.39, 0.29) is 24.1 Å². The molecule has 0 aromatic heterocycles. The number of rotatable bonds is 9. The van der Waals surface area contributed by atoms with Crippen LogP contribution in [0.25, 0.3) is 11.1 Å². The van der Waals surface area contributed by atoms with Gasteiger partial charge in [0.15, 0.2) is 5.05 Å². The van der Waals surface area contributed by atoms with E-state index >= 15 is 0 Å². The second kappa shape index (κ2) is 11.5. The number of amides is 2. The smallest absolute Gasteiger partial charge is 0.424 e. The maximum Gasteiger partial charge on any atom is 0.424 e. The second-order valence-electron chi connectivity index (χ2n) is 9.53. The van der Waals surface area contributed by atoms with Gasteiger partial charge in [0.1, 0.15) is 18.2 Å². The zero-order valence-corrected chi connectivity index (χ0v) is 21.1. The van der Waals surface area contributed by atoms with Gasteiger partial charge in [-0.15, -0.1) is 0 Å². The van der Waals surface area contributed by atoms with Crippen LogP contribution < -0.4 is 11.2 Å². The van der Waals surface area contributed by atoms with Gasteiger partial charge in [-0.05, 0) is 74.5 Å². The predicted octanol–water partition coefficient (Wildman–Crippen LogP) is 5.06. The Morgan fingerprint density at radius 3 is 2.20 bits per heavy atom. The molecule has 0 bridgehead atoms. The van der Waals surface area contributed by atoms with Crippen molar-refractivity contribution in [1.82, 2.24) is 10.3 Å². The Labute approximate surface area is 211 Å². The number of carbonyl (C=O) groups excluding carboxylic acids is 2. The van der Waals surface area contributed by atoms with Gasteiger partial charge >= 0.3 is 12.2 Å². The molecule has 8 nitrogen and oxygen atoms in total. The van der Waals surface area contributed by atoms with Crippen LogP contribution in [-0.2, 0) is 9.47 Å². The highest BCUT2D eigenvalue weighted by molar-refractivity contribution is 7.80. The van der Waals surface area contributed by atoms with Crippen LogP contribution in [0.5, 0.6) is 0 Å². The van der Waals surface area contributed by atoms with Crippen molar-refractivity contribution >= 4 is 29.5 Å². The first-order valence-electron chi connectivity index (χ1n) is 11.7. The number of carbonyl (C=O) groups is 2. The average Bonchev–Trinajstić information content (AvgIpc) is 3.12. The van der Waals surface area contributed by atoms with Crippen molar-refractivity contribution in [3.63, 3.8) is 0 Å². The minimum Gasteiger partial charge on any atom is -0.500 e. The topological polar surface area (TPSA) is 114 Å². The van der Waals surface area contributed by atoms with E-state index in [1.54, 1.807) is 20.8 Å². The number of hydrogen-bond donors (Lipinski definition) is 3. The summed E-state index contributed by atoms with van der Waals surface area (Å²) in [5.74, 6) is 5.68. The first-order chi connectivity index (χ1) is 16.6. The van der Waals surface area contributed by atoms with E-state index in [1.807, 2.05) is 36.4 Å². The Hall–Kier alpha value is -3.17. The molecule has 0 spiro atoms. The van der Waals surface area contributed by atoms with Crippen molar-refractivity contribution in [1.29, 1.82) is 0 Å². The second-order valence-corrected chi connectivity index (χ2v) is 9.95. The number of hydrogen-bond acceptors (Lipinski definition) is 6. The van der Waals surface area contributed by atoms with E-state index < -0.39 is 23.8 Å². The SMILES string of the molecule is CC(C)(C)OC(=O)N(N)CCCC[C@H](NC(=O)OCC1c2ccccc2-c2ccccc21)C(O)=S. The number of nitrogens with one attached hydrogen (secondary N) is 1. The molecule has 2 aromatic rings. The fourth-order valence-corrected chi connectivity index (χ4v) is 4.26. The van der Waals surface area contributed by atoms with Gasteiger partial charge in [-0.25, -0.2) is 20.4 Å². The van der Waals surface area contributed by atoms with E-state index in [2.05, 4.69) is 17.4 Å². The maximum atomic E-state index is 12.5. The van der Waals surface area contributed by atoms with Gasteiger partial charge in [0.05, 0.1) is 0 Å². The van der Waals surface area contributed by atoms with E-state index in [9.17, 15) is 14.7 Å². The molecule has 35 heavy (non-hydrogen) atoms. The first-order valence-corrected chi connectivity index (χ1v) is 12.1. The van der Waals surface area contributed by atoms with Gasteiger partial charge < -0.3 is 19.9 Å². The lowest BCUT2D eigenvalue weighted by Gasteiger charge is -2.24. The van der Waals surface area contributed by atoms with Crippen molar-refractivity contribution in [3.05, 3.63) is 59.7 Å². The minimum atomic E-state index is -0.742. The van der Waals surface area contributed by atoms with Crippen molar-refractivity contribution in [2.24, 2.45) is 5.84 Å². The molecule has 0 saturated heterocycles. The standard InChI is InChI=1S/C26H33N3O5S/c1-26(2,3)34-25(32)29(27)15-9-8-14-22(23(30)35)28-24(31)33-16-21-19-12-6-4-10-17(19)18-11-5-7-13-20(18)21/h4-7,10-13,21-22H,8-9,14-16,27H2,1-3H3,(H,28,31)(H,30,35)/t22-/m0/s1. The monoisotopic (exact) mass is 499 g/mol. The molecule has 4 N–H and O–H groups in total. The van der Waals surface area contributed by atoms with Crippen LogP contribution in [0.2, 0.25) is 0 Å². The molecule has 0 radical (unpaired) electrons. The molecule has 1 aliphatic rings. The zero-order chi connectivity index (χ0) is 25.6. The highest BCUT2D eigenvalue weighted by Gasteiger charge is 2.29. The number of unbranched alkanes of at least 4 members (excludes halogenated alkanes) is 1. The van der Waals surface area contributed by atoms with Gasteiger partial charge in [-0.2, -0.15) is 0 Å². The fourth-order valence-electron chi connectivity index (χ4n) is 4.08. The van der Waals surface area contributed by atoms with Crippen LogP contribution in [0.4, 0.5) is 9.59 Å². The van der Waals surface area contributed by atoms with Gasteiger partial charge in [0.25, 0.3) is 0 Å². The largest absolute Gasteiger partial charge is 0.500 e. The molecular formula is C26H33N3O5S. The number of hydrazine groups is 1. The van der Waals surface area contributed by atoms with E-state index in [1.165, 1.54) is 0 Å². The van der Waals surface area contributed by atoms with E-state index in [0.717, 1.165) is 27.3 Å². The third kappa shape index (κ3) is 7.16. The van der Waals surface area contributed by atoms with Crippen LogP contribution in [0, 0.1) is 0 Å². The average molecular weight is 500 g/mol. The molecular weight excluding hydrogens is 466 g/mol. The van der Waals surface area contributed by atoms with Crippen LogP contribution in [0.15, 0.2) is 48.5 Å². The Morgan fingerprint density at radius 2 is 1.66 bits per heavy atom. The molecule has 0 unspecified atom stereocenters. The Bertz CT molecular complexity index is 1020. The van der Waals surface area contributed by atoms with E-state index in [0.29, 0.717) is 19.3 Å². The molecule has 0 saturated carbocycles. The van der Waals surface area contributed by atoms with Crippen LogP contribution in [0.3, 0.4) is 0 Å². The number of nitrogens with zero attached hydrogens (tertiary/aromatic N) is 1. The number of aliphatic hydroxyl groups excluding tert-OH is 1. The molecule has 188 valence electrons. The summed E-state index contributed by atoms with van der Waals surface area (Å²) >= 11 is 4.91. The highest BCUT2D eigenvalue weighted by Crippen LogP contribution is 2.44. The molecule has 1 atom stereocenters. The van der Waals surface area contributed by atoms with Crippen LogP contribution in [0.1, 0.15) is 57.1 Å². The molecule has 2 aromatic carbocycles. The predicted molar refractivity (Wildman–Crippen MR) is 138 cm³/mol. The molecule has 0 heterocycles. The van der Waals surface area contributed by atoms with Crippen LogP contribution in [-0.4, -0.2) is 52.1 Å². The molecule has 3 rings (SSSR count). The van der Waals surface area contributed by atoms with Crippen molar-refractivity contribution in [2.75, 3.05) is 13.2 Å². The normalized spacial score (nSPS) is 13.4. The van der Waals surface area contributed by atoms with Gasteiger partial charge in [0, 0.05) is 12.5 Å². The minimum absolute atomic E-state index is 0.0592. The Kier molecular flexibility index (Phi) is 8.69. The number of alkyl carbamates (subject to hydrolysis) is 1. The van der Waals surface area contributed by atoms with E-state index in [4.69, 9.17) is 27.5 Å². The lowest BCUT2D eigenvalue weighted by atomic mass is 9.98. The van der Waals surface area contributed by atoms with Crippen molar-refractivity contribution < 1.29 is 24.2 Å². The zero-order valence-electron chi connectivity index (χ0n) is 20.3. The summed E-state index contributed by atoms with van der Waals surface area (Å²) < 4.78 is 10.7. The first kappa shape index (κ1) is 26.4. The number of nitrogens with two attached hydrogens (primary N) is 1. The highest BCUT2D eigenvalue weighted by atomic mass is 32.1. The molecule has 0 fully saturated rings. The fraction of sp³-hybridized carbons (Fsp3) is 0.423. The van der Waals surface area contributed by atoms with Gasteiger partial charge in [-0.3, -0.25) is 0 Å². The lowest BCUT2D eigenvalue weighted by Crippen LogP contribution is -2.42. The summed E-state index contributed by atoms with van der Waals surface area (Å²) in [5, 5.41) is 13.2. The summed E-state index contributed by atoms with van der Waals surface area (Å²) in [6.45, 7) is 5.73. The third-order valence-corrected chi connectivity index (χ3v) is 5.99. The Balaban J connectivity index is 1.48. The van der Waals surface area contributed by atoms with Crippen molar-refractivity contribution in [2.45, 2.75) is 57.6 Å². The third-order valence-electron chi connectivity index (χ3n) is 5.70. The number of fused-ring (bicyclic) bond motifs is 3. The summed E-state index contributed by atoms with van der Waals surface area (Å²) in [6.07, 6.45) is 0.222. The summed E-state index contributed by atoms with van der Waals surface area (Å²) in [4.78, 5) is 24.4. The molecule has 2 amide bonds. The molecule has 0 aliphatic heterocycles. The summed E-state index contributed by atoms with van der Waals surface area (Å²) in [7, 11) is 0. The quantitative estimate of drug-likeness (QED) is 0.145. The van der Waals surface area contributed by atoms with Crippen molar-refractivity contribution in [3.8, 4) is 11.1 Å². The summed E-state index contributed by atoms with van der Waals surface area (Å²) in [5.41, 5.74) is 3.90. The number of aliphatic hydroxyl groups is 1. The molecule has 1 aliphatic carbocycles. The number of thiocarbonyl (C=S) groups is 1. The Morgan fingerprint density at radius 1 is 1.09 bits per heavy atom. The number of ether oxygens (including phenoxy) is 2. The van der Waals surface area contributed by atoms with Gasteiger partial charge in [0.2, 0.25) is 0 Å². The van der Waals surface area contributed by atoms with Gasteiger partial charge in [-0.1, -0.05) is 48.5 Å². The summed E-state index contributed by atoms with van der Waals surface area (Å²) in [6, 6.07) is 15.4. The molecule has 9 heteroatoms. The van der Waals surface area contributed by atoms with Crippen LogP contribution >= 0.6 is 12.2 Å². The lowest BCUT2D eigenvalue weighted by molar-refractivity contribution is 0.0244. The maximum absolute atomic E-state index is 12.5.